The molecule has 0 aliphatic heterocycles. The van der Waals surface area contributed by atoms with Gasteiger partial charge in [0.1, 0.15) is 5.75 Å². The second kappa shape index (κ2) is 9.60. The summed E-state index contributed by atoms with van der Waals surface area (Å²) >= 11 is 0. The molecular formula is C21H32N2O3. The molecule has 0 saturated heterocycles. The molecular weight excluding hydrogens is 328 g/mol. The fourth-order valence-corrected chi connectivity index (χ4v) is 3.21. The van der Waals surface area contributed by atoms with Crippen LogP contribution in [0.2, 0.25) is 0 Å². The molecule has 1 saturated carbocycles. The number of amides is 2. The summed E-state index contributed by atoms with van der Waals surface area (Å²) in [5.41, 5.74) is 0.780. The summed E-state index contributed by atoms with van der Waals surface area (Å²) < 4.78 is 5.61. The predicted molar refractivity (Wildman–Crippen MR) is 104 cm³/mol. The Morgan fingerprint density at radius 3 is 2.04 bits per heavy atom. The standard InChI is InChI=1S/C21H32N2O3/c1-5-15(4)22-20(24)16-6-8-17(9-7-16)21(25)23-18-10-12-19(13-11-18)26-14(2)3/h10-17H,5-9H2,1-4H3,(H,22,24)(H,23,25). The minimum Gasteiger partial charge on any atom is -0.491 e. The van der Waals surface area contributed by atoms with Crippen molar-refractivity contribution in [3.8, 4) is 5.75 Å². The fraction of sp³-hybridized carbons (Fsp3) is 0.619. The second-order valence-corrected chi connectivity index (χ2v) is 7.55. The van der Waals surface area contributed by atoms with E-state index in [0.29, 0.717) is 0 Å². The first-order valence-electron chi connectivity index (χ1n) is 9.77. The van der Waals surface area contributed by atoms with Gasteiger partial charge in [-0.3, -0.25) is 9.59 Å². The van der Waals surface area contributed by atoms with Gasteiger partial charge < -0.3 is 15.4 Å². The maximum absolute atomic E-state index is 12.5. The van der Waals surface area contributed by atoms with E-state index in [0.717, 1.165) is 43.5 Å². The minimum absolute atomic E-state index is 0.0192. The highest BCUT2D eigenvalue weighted by Crippen LogP contribution is 2.30. The third-order valence-corrected chi connectivity index (χ3v) is 4.96. The van der Waals surface area contributed by atoms with Gasteiger partial charge in [-0.2, -0.15) is 0 Å². The molecule has 1 atom stereocenters. The van der Waals surface area contributed by atoms with E-state index in [1.54, 1.807) is 0 Å². The van der Waals surface area contributed by atoms with Crippen molar-refractivity contribution in [1.82, 2.24) is 5.32 Å². The summed E-state index contributed by atoms with van der Waals surface area (Å²) in [5, 5.41) is 6.03. The van der Waals surface area contributed by atoms with E-state index in [-0.39, 0.29) is 35.8 Å². The van der Waals surface area contributed by atoms with Crippen LogP contribution in [0, 0.1) is 11.8 Å². The summed E-state index contributed by atoms with van der Waals surface area (Å²) in [6.07, 6.45) is 4.15. The SMILES string of the molecule is CCC(C)NC(=O)C1CCC(C(=O)Nc2ccc(OC(C)C)cc2)CC1. The second-order valence-electron chi connectivity index (χ2n) is 7.55. The van der Waals surface area contributed by atoms with E-state index >= 15 is 0 Å². The first kappa shape index (κ1) is 20.3. The quantitative estimate of drug-likeness (QED) is 0.768. The van der Waals surface area contributed by atoms with Gasteiger partial charge in [-0.1, -0.05) is 6.92 Å². The summed E-state index contributed by atoms with van der Waals surface area (Å²) in [4.78, 5) is 24.7. The largest absolute Gasteiger partial charge is 0.491 e. The summed E-state index contributed by atoms with van der Waals surface area (Å²) in [7, 11) is 0. The van der Waals surface area contributed by atoms with E-state index in [1.165, 1.54) is 0 Å². The summed E-state index contributed by atoms with van der Waals surface area (Å²) in [6, 6.07) is 7.67. The zero-order chi connectivity index (χ0) is 19.1. The number of rotatable bonds is 7. The molecule has 0 bridgehead atoms. The first-order valence-corrected chi connectivity index (χ1v) is 9.77. The Hall–Kier alpha value is -2.04. The number of nitrogens with one attached hydrogen (secondary N) is 2. The number of carbonyl (C=O) groups is 2. The van der Waals surface area contributed by atoms with Crippen molar-refractivity contribution in [2.45, 2.75) is 71.9 Å². The number of hydrogen-bond donors (Lipinski definition) is 2. The van der Waals surface area contributed by atoms with Crippen LogP contribution in [0.5, 0.6) is 5.75 Å². The van der Waals surface area contributed by atoms with Crippen molar-refractivity contribution in [3.05, 3.63) is 24.3 Å². The van der Waals surface area contributed by atoms with Crippen LogP contribution in [0.4, 0.5) is 5.69 Å². The van der Waals surface area contributed by atoms with Gasteiger partial charge in [0.05, 0.1) is 6.10 Å². The summed E-state index contributed by atoms with van der Waals surface area (Å²) in [5.74, 6) is 1.00. The highest BCUT2D eigenvalue weighted by Gasteiger charge is 2.30. The lowest BCUT2D eigenvalue weighted by atomic mass is 9.81. The molecule has 1 unspecified atom stereocenters. The Kier molecular flexibility index (Phi) is 7.49. The topological polar surface area (TPSA) is 67.4 Å². The van der Waals surface area contributed by atoms with E-state index in [2.05, 4.69) is 17.6 Å². The molecule has 26 heavy (non-hydrogen) atoms. The van der Waals surface area contributed by atoms with Crippen LogP contribution in [-0.2, 0) is 9.59 Å². The number of carbonyl (C=O) groups excluding carboxylic acids is 2. The highest BCUT2D eigenvalue weighted by molar-refractivity contribution is 5.92. The molecule has 0 spiro atoms. The first-order chi connectivity index (χ1) is 12.4. The minimum atomic E-state index is -0.0192. The Morgan fingerprint density at radius 2 is 1.54 bits per heavy atom. The molecule has 0 heterocycles. The van der Waals surface area contributed by atoms with E-state index in [9.17, 15) is 9.59 Å². The van der Waals surface area contributed by atoms with E-state index in [4.69, 9.17) is 4.74 Å². The van der Waals surface area contributed by atoms with E-state index in [1.807, 2.05) is 45.0 Å². The third-order valence-electron chi connectivity index (χ3n) is 4.96. The lowest BCUT2D eigenvalue weighted by Crippen LogP contribution is -2.39. The van der Waals surface area contributed by atoms with Crippen molar-refractivity contribution in [1.29, 1.82) is 0 Å². The third kappa shape index (κ3) is 6.04. The number of anilines is 1. The van der Waals surface area contributed by atoms with E-state index < -0.39 is 0 Å². The van der Waals surface area contributed by atoms with Gasteiger partial charge in [0.2, 0.25) is 11.8 Å². The molecule has 1 aromatic carbocycles. The maximum Gasteiger partial charge on any atom is 0.227 e. The van der Waals surface area contributed by atoms with Gasteiger partial charge in [0.15, 0.2) is 0 Å². The molecule has 1 fully saturated rings. The molecule has 144 valence electrons. The van der Waals surface area contributed by atoms with Gasteiger partial charge in [-0.25, -0.2) is 0 Å². The molecule has 0 radical (unpaired) electrons. The Morgan fingerprint density at radius 1 is 1.00 bits per heavy atom. The molecule has 5 nitrogen and oxygen atoms in total. The average molecular weight is 360 g/mol. The predicted octanol–water partition coefficient (Wildman–Crippen LogP) is 4.13. The molecule has 2 amide bonds. The Labute approximate surface area is 156 Å². The van der Waals surface area contributed by atoms with Gasteiger partial charge in [0, 0.05) is 23.6 Å². The van der Waals surface area contributed by atoms with Gasteiger partial charge >= 0.3 is 0 Å². The maximum atomic E-state index is 12.5. The zero-order valence-electron chi connectivity index (χ0n) is 16.4. The van der Waals surface area contributed by atoms with Gasteiger partial charge in [0.25, 0.3) is 0 Å². The average Bonchev–Trinajstić information content (AvgIpc) is 2.62. The van der Waals surface area contributed by atoms with Crippen molar-refractivity contribution in [3.63, 3.8) is 0 Å². The number of hydrogen-bond acceptors (Lipinski definition) is 3. The van der Waals surface area contributed by atoms with Gasteiger partial charge in [-0.15, -0.1) is 0 Å². The molecule has 1 aliphatic rings. The smallest absolute Gasteiger partial charge is 0.227 e. The molecule has 1 aliphatic carbocycles. The Bertz CT molecular complexity index is 590. The number of ether oxygens (including phenoxy) is 1. The lowest BCUT2D eigenvalue weighted by molar-refractivity contribution is -0.129. The normalized spacial score (nSPS) is 21.1. The molecule has 5 heteroatoms. The monoisotopic (exact) mass is 360 g/mol. The molecule has 2 rings (SSSR count). The van der Waals surface area contributed by atoms with Crippen LogP contribution in [0.15, 0.2) is 24.3 Å². The van der Waals surface area contributed by atoms with Crippen LogP contribution < -0.4 is 15.4 Å². The fourth-order valence-electron chi connectivity index (χ4n) is 3.21. The molecule has 0 aromatic heterocycles. The Balaban J connectivity index is 1.80. The zero-order valence-corrected chi connectivity index (χ0v) is 16.4. The lowest BCUT2D eigenvalue weighted by Gasteiger charge is -2.28. The van der Waals surface area contributed by atoms with Crippen molar-refractivity contribution >= 4 is 17.5 Å². The van der Waals surface area contributed by atoms with Crippen molar-refractivity contribution in [2.24, 2.45) is 11.8 Å². The van der Waals surface area contributed by atoms with Crippen LogP contribution in [-0.4, -0.2) is 24.0 Å². The van der Waals surface area contributed by atoms with Crippen LogP contribution in [0.1, 0.15) is 59.8 Å². The van der Waals surface area contributed by atoms with Crippen molar-refractivity contribution < 1.29 is 14.3 Å². The van der Waals surface area contributed by atoms with Crippen LogP contribution >= 0.6 is 0 Å². The highest BCUT2D eigenvalue weighted by atomic mass is 16.5. The van der Waals surface area contributed by atoms with Gasteiger partial charge in [-0.05, 0) is 77.1 Å². The van der Waals surface area contributed by atoms with Crippen LogP contribution in [0.25, 0.3) is 0 Å². The summed E-state index contributed by atoms with van der Waals surface area (Å²) in [6.45, 7) is 8.05. The van der Waals surface area contributed by atoms with Crippen molar-refractivity contribution in [2.75, 3.05) is 5.32 Å². The number of benzene rings is 1. The van der Waals surface area contributed by atoms with Crippen LogP contribution in [0.3, 0.4) is 0 Å². The molecule has 1 aromatic rings. The molecule has 2 N–H and O–H groups in total.